The number of para-hydroxylation sites is 1. The standard InChI is InChI=1S/C18H17NO4/c1-2-21-15-6-4-3-5-13(15)7-10-18(20)19-14-8-9-16-17(11-14)23-12-22-16/h3-11H,2,12H2,1H3,(H,19,20)/b10-7+. The van der Waals surface area contributed by atoms with Crippen molar-refractivity contribution in [2.45, 2.75) is 6.92 Å². The molecule has 0 spiro atoms. The SMILES string of the molecule is CCOc1ccccc1/C=C/C(=O)Nc1ccc2c(c1)OCO2. The second kappa shape index (κ2) is 6.87. The van der Waals surface area contributed by atoms with E-state index < -0.39 is 0 Å². The molecular weight excluding hydrogens is 294 g/mol. The van der Waals surface area contributed by atoms with Crippen molar-refractivity contribution < 1.29 is 19.0 Å². The van der Waals surface area contributed by atoms with Crippen LogP contribution in [0.2, 0.25) is 0 Å². The highest BCUT2D eigenvalue weighted by Gasteiger charge is 2.13. The lowest BCUT2D eigenvalue weighted by Gasteiger charge is -2.06. The van der Waals surface area contributed by atoms with Gasteiger partial charge in [-0.2, -0.15) is 0 Å². The summed E-state index contributed by atoms with van der Waals surface area (Å²) in [5.74, 6) is 1.84. The van der Waals surface area contributed by atoms with Gasteiger partial charge in [-0.15, -0.1) is 0 Å². The third kappa shape index (κ3) is 3.63. The van der Waals surface area contributed by atoms with Crippen molar-refractivity contribution in [3.63, 3.8) is 0 Å². The van der Waals surface area contributed by atoms with E-state index in [0.29, 0.717) is 23.8 Å². The minimum absolute atomic E-state index is 0.209. The number of hydrogen-bond acceptors (Lipinski definition) is 4. The van der Waals surface area contributed by atoms with Gasteiger partial charge in [0.2, 0.25) is 12.7 Å². The Labute approximate surface area is 134 Å². The van der Waals surface area contributed by atoms with E-state index in [1.807, 2.05) is 31.2 Å². The van der Waals surface area contributed by atoms with Crippen LogP contribution in [0.5, 0.6) is 17.2 Å². The summed E-state index contributed by atoms with van der Waals surface area (Å²) in [4.78, 5) is 12.0. The van der Waals surface area contributed by atoms with Crippen LogP contribution in [0.4, 0.5) is 5.69 Å². The van der Waals surface area contributed by atoms with Crippen molar-refractivity contribution >= 4 is 17.7 Å². The molecule has 118 valence electrons. The maximum atomic E-state index is 12.0. The van der Waals surface area contributed by atoms with Crippen molar-refractivity contribution in [2.24, 2.45) is 0 Å². The summed E-state index contributed by atoms with van der Waals surface area (Å²) >= 11 is 0. The summed E-state index contributed by atoms with van der Waals surface area (Å²) in [5.41, 5.74) is 1.51. The van der Waals surface area contributed by atoms with E-state index in [1.165, 1.54) is 6.08 Å². The molecule has 5 nitrogen and oxygen atoms in total. The van der Waals surface area contributed by atoms with Gasteiger partial charge in [0.15, 0.2) is 11.5 Å². The van der Waals surface area contributed by atoms with E-state index in [9.17, 15) is 4.79 Å². The summed E-state index contributed by atoms with van der Waals surface area (Å²) in [6.45, 7) is 2.71. The number of carbonyl (C=O) groups is 1. The van der Waals surface area contributed by atoms with E-state index in [0.717, 1.165) is 11.3 Å². The number of ether oxygens (including phenoxy) is 3. The maximum absolute atomic E-state index is 12.0. The number of nitrogens with one attached hydrogen (secondary N) is 1. The van der Waals surface area contributed by atoms with Gasteiger partial charge in [-0.1, -0.05) is 18.2 Å². The number of amides is 1. The topological polar surface area (TPSA) is 56.8 Å². The van der Waals surface area contributed by atoms with Gasteiger partial charge in [0, 0.05) is 23.4 Å². The Morgan fingerprint density at radius 3 is 2.91 bits per heavy atom. The molecule has 1 amide bonds. The second-order valence-electron chi connectivity index (χ2n) is 4.86. The molecular formula is C18H17NO4. The number of rotatable bonds is 5. The summed E-state index contributed by atoms with van der Waals surface area (Å²) < 4.78 is 16.0. The van der Waals surface area contributed by atoms with Gasteiger partial charge < -0.3 is 19.5 Å². The molecule has 0 unspecified atom stereocenters. The third-order valence-corrected chi connectivity index (χ3v) is 3.27. The predicted molar refractivity (Wildman–Crippen MR) is 87.8 cm³/mol. The fraction of sp³-hybridized carbons (Fsp3) is 0.167. The Hall–Kier alpha value is -2.95. The number of carbonyl (C=O) groups excluding carboxylic acids is 1. The first-order valence-electron chi connectivity index (χ1n) is 7.37. The van der Waals surface area contributed by atoms with Crippen LogP contribution in [-0.2, 0) is 4.79 Å². The van der Waals surface area contributed by atoms with E-state index in [1.54, 1.807) is 24.3 Å². The van der Waals surface area contributed by atoms with Crippen LogP contribution in [0.25, 0.3) is 6.08 Å². The van der Waals surface area contributed by atoms with Crippen LogP contribution in [0, 0.1) is 0 Å². The Balaban J connectivity index is 1.67. The lowest BCUT2D eigenvalue weighted by molar-refractivity contribution is -0.111. The molecule has 0 bridgehead atoms. The Morgan fingerprint density at radius 2 is 2.04 bits per heavy atom. The van der Waals surface area contributed by atoms with Gasteiger partial charge in [-0.05, 0) is 31.2 Å². The molecule has 0 saturated carbocycles. The number of anilines is 1. The van der Waals surface area contributed by atoms with Gasteiger partial charge in [0.25, 0.3) is 0 Å². The van der Waals surface area contributed by atoms with Crippen LogP contribution < -0.4 is 19.5 Å². The summed E-state index contributed by atoms with van der Waals surface area (Å²) in [5, 5.41) is 2.79. The van der Waals surface area contributed by atoms with Crippen molar-refractivity contribution in [1.82, 2.24) is 0 Å². The maximum Gasteiger partial charge on any atom is 0.248 e. The van der Waals surface area contributed by atoms with E-state index in [2.05, 4.69) is 5.32 Å². The van der Waals surface area contributed by atoms with Gasteiger partial charge in [-0.25, -0.2) is 0 Å². The number of fused-ring (bicyclic) bond motifs is 1. The van der Waals surface area contributed by atoms with E-state index in [4.69, 9.17) is 14.2 Å². The summed E-state index contributed by atoms with van der Waals surface area (Å²) in [7, 11) is 0. The zero-order chi connectivity index (χ0) is 16.1. The smallest absolute Gasteiger partial charge is 0.248 e. The Bertz CT molecular complexity index is 740. The molecule has 0 saturated heterocycles. The average molecular weight is 311 g/mol. The fourth-order valence-corrected chi connectivity index (χ4v) is 2.23. The summed E-state index contributed by atoms with van der Waals surface area (Å²) in [6.07, 6.45) is 3.20. The highest BCUT2D eigenvalue weighted by atomic mass is 16.7. The lowest BCUT2D eigenvalue weighted by atomic mass is 10.2. The minimum atomic E-state index is -0.227. The second-order valence-corrected chi connectivity index (χ2v) is 4.86. The van der Waals surface area contributed by atoms with E-state index in [-0.39, 0.29) is 12.7 Å². The normalized spacial score (nSPS) is 12.4. The molecule has 0 aromatic heterocycles. The van der Waals surface area contributed by atoms with Crippen molar-refractivity contribution in [1.29, 1.82) is 0 Å². The zero-order valence-electron chi connectivity index (χ0n) is 12.7. The number of hydrogen-bond donors (Lipinski definition) is 1. The Morgan fingerprint density at radius 1 is 1.22 bits per heavy atom. The van der Waals surface area contributed by atoms with Crippen LogP contribution in [0.15, 0.2) is 48.5 Å². The molecule has 0 radical (unpaired) electrons. The molecule has 2 aromatic carbocycles. The first-order chi connectivity index (χ1) is 11.3. The van der Waals surface area contributed by atoms with Crippen LogP contribution >= 0.6 is 0 Å². The molecule has 3 rings (SSSR count). The molecule has 1 aliphatic rings. The van der Waals surface area contributed by atoms with Crippen LogP contribution in [0.3, 0.4) is 0 Å². The van der Waals surface area contributed by atoms with Crippen molar-refractivity contribution in [2.75, 3.05) is 18.7 Å². The molecule has 1 aliphatic heterocycles. The zero-order valence-corrected chi connectivity index (χ0v) is 12.7. The lowest BCUT2D eigenvalue weighted by Crippen LogP contribution is -2.07. The quantitative estimate of drug-likeness (QED) is 0.859. The van der Waals surface area contributed by atoms with Gasteiger partial charge >= 0.3 is 0 Å². The van der Waals surface area contributed by atoms with Gasteiger partial charge in [-0.3, -0.25) is 4.79 Å². The molecule has 1 heterocycles. The van der Waals surface area contributed by atoms with Crippen LogP contribution in [-0.4, -0.2) is 19.3 Å². The largest absolute Gasteiger partial charge is 0.493 e. The number of benzene rings is 2. The predicted octanol–water partition coefficient (Wildman–Crippen LogP) is 3.47. The fourth-order valence-electron chi connectivity index (χ4n) is 2.23. The molecule has 23 heavy (non-hydrogen) atoms. The highest BCUT2D eigenvalue weighted by Crippen LogP contribution is 2.34. The monoisotopic (exact) mass is 311 g/mol. The first-order valence-corrected chi connectivity index (χ1v) is 7.37. The summed E-state index contributed by atoms with van der Waals surface area (Å²) in [6, 6.07) is 12.9. The van der Waals surface area contributed by atoms with E-state index >= 15 is 0 Å². The van der Waals surface area contributed by atoms with Crippen LogP contribution in [0.1, 0.15) is 12.5 Å². The molecule has 0 fully saturated rings. The first kappa shape index (κ1) is 15.0. The minimum Gasteiger partial charge on any atom is -0.493 e. The third-order valence-electron chi connectivity index (χ3n) is 3.27. The molecule has 1 N–H and O–H groups in total. The van der Waals surface area contributed by atoms with Gasteiger partial charge in [0.05, 0.1) is 6.61 Å². The highest BCUT2D eigenvalue weighted by molar-refractivity contribution is 6.02. The van der Waals surface area contributed by atoms with Crippen molar-refractivity contribution in [3.8, 4) is 17.2 Å². The molecule has 0 atom stereocenters. The molecule has 0 aliphatic carbocycles. The average Bonchev–Trinajstić information content (AvgIpc) is 3.02. The Kier molecular flexibility index (Phi) is 4.47. The molecule has 5 heteroatoms. The molecule has 2 aromatic rings. The van der Waals surface area contributed by atoms with Crippen molar-refractivity contribution in [3.05, 3.63) is 54.1 Å². The van der Waals surface area contributed by atoms with Gasteiger partial charge in [0.1, 0.15) is 5.75 Å².